The molecule has 0 aromatic rings. The number of allylic oxidation sites excluding steroid dienone is 5. The molecule has 3 N–H and O–H groups in total. The molecule has 0 bridgehead atoms. The maximum atomic E-state index is 12.5. The Morgan fingerprint density at radius 3 is 1.10 bits per heavy atom. The second-order valence-corrected chi connectivity index (χ2v) is 20.4. The quantitative estimate of drug-likeness (QED) is 0.0244. The van der Waals surface area contributed by atoms with Gasteiger partial charge in [0.1, 0.15) is 0 Å². The summed E-state index contributed by atoms with van der Waals surface area (Å²) in [6.45, 7) is 4.88. The molecule has 0 saturated heterocycles. The highest BCUT2D eigenvalue weighted by molar-refractivity contribution is 5.76. The fourth-order valence-electron chi connectivity index (χ4n) is 9.10. The number of hydrogen-bond acceptors (Lipinski definition) is 5. The van der Waals surface area contributed by atoms with E-state index in [0.29, 0.717) is 19.4 Å². The number of unbranched alkanes of at least 4 members (excludes halogenated alkanes) is 41. The summed E-state index contributed by atoms with van der Waals surface area (Å²) < 4.78 is 5.45. The van der Waals surface area contributed by atoms with Crippen LogP contribution in [0.3, 0.4) is 0 Å². The molecule has 0 fully saturated rings. The first kappa shape index (κ1) is 65.1. The van der Waals surface area contributed by atoms with Gasteiger partial charge in [0.2, 0.25) is 5.91 Å². The van der Waals surface area contributed by atoms with Gasteiger partial charge in [-0.25, -0.2) is 0 Å². The lowest BCUT2D eigenvalue weighted by Gasteiger charge is -2.20. The number of carbonyl (C=O) groups excluding carboxylic acids is 2. The summed E-state index contributed by atoms with van der Waals surface area (Å²) in [4.78, 5) is 24.5. The van der Waals surface area contributed by atoms with Crippen LogP contribution < -0.4 is 5.32 Å². The van der Waals surface area contributed by atoms with Gasteiger partial charge in [-0.15, -0.1) is 0 Å². The van der Waals surface area contributed by atoms with E-state index in [2.05, 4.69) is 43.5 Å². The molecule has 0 saturated carbocycles. The van der Waals surface area contributed by atoms with Crippen LogP contribution in [0.4, 0.5) is 0 Å². The second-order valence-electron chi connectivity index (χ2n) is 20.4. The van der Waals surface area contributed by atoms with Crippen molar-refractivity contribution in [3.05, 3.63) is 36.5 Å². The number of ether oxygens (including phenoxy) is 1. The van der Waals surface area contributed by atoms with Gasteiger partial charge in [0, 0.05) is 12.8 Å². The molecule has 0 heterocycles. The lowest BCUT2D eigenvalue weighted by molar-refractivity contribution is -0.143. The lowest BCUT2D eigenvalue weighted by Crippen LogP contribution is -2.45. The van der Waals surface area contributed by atoms with Crippen molar-refractivity contribution in [1.29, 1.82) is 0 Å². The van der Waals surface area contributed by atoms with Gasteiger partial charge >= 0.3 is 5.97 Å². The van der Waals surface area contributed by atoms with Gasteiger partial charge in [0.05, 0.1) is 25.4 Å². The first-order valence-electron chi connectivity index (χ1n) is 29.8. The number of aliphatic hydroxyl groups is 2. The maximum Gasteiger partial charge on any atom is 0.305 e. The highest BCUT2D eigenvalue weighted by atomic mass is 16.5. The van der Waals surface area contributed by atoms with Crippen LogP contribution in [0.15, 0.2) is 36.5 Å². The van der Waals surface area contributed by atoms with Gasteiger partial charge in [-0.1, -0.05) is 275 Å². The van der Waals surface area contributed by atoms with E-state index in [-0.39, 0.29) is 18.5 Å². The Kier molecular flexibility index (Phi) is 55.0. The van der Waals surface area contributed by atoms with E-state index in [1.54, 1.807) is 6.08 Å². The van der Waals surface area contributed by atoms with E-state index in [1.807, 2.05) is 6.08 Å². The van der Waals surface area contributed by atoms with Crippen molar-refractivity contribution >= 4 is 11.9 Å². The van der Waals surface area contributed by atoms with Gasteiger partial charge in [0.15, 0.2) is 0 Å². The summed E-state index contributed by atoms with van der Waals surface area (Å²) in [6, 6.07) is -0.636. The molecule has 0 radical (unpaired) electrons. The first-order valence-corrected chi connectivity index (χ1v) is 29.8. The third kappa shape index (κ3) is 53.3. The molecule has 0 aliphatic carbocycles. The fourth-order valence-corrected chi connectivity index (χ4v) is 9.10. The van der Waals surface area contributed by atoms with E-state index >= 15 is 0 Å². The van der Waals surface area contributed by atoms with Crippen LogP contribution in [-0.2, 0) is 14.3 Å². The van der Waals surface area contributed by atoms with Crippen molar-refractivity contribution in [1.82, 2.24) is 5.32 Å². The van der Waals surface area contributed by atoms with Crippen molar-refractivity contribution in [2.24, 2.45) is 0 Å². The fraction of sp³-hybridized carbons (Fsp3) is 0.869. The van der Waals surface area contributed by atoms with Gasteiger partial charge < -0.3 is 20.3 Å². The average Bonchev–Trinajstić information content (AvgIpc) is 3.33. The first-order chi connectivity index (χ1) is 33.0. The van der Waals surface area contributed by atoms with Crippen molar-refractivity contribution in [2.75, 3.05) is 13.2 Å². The smallest absolute Gasteiger partial charge is 0.305 e. The summed E-state index contributed by atoms with van der Waals surface area (Å²) in [6.07, 6.45) is 70.3. The number of rotatable bonds is 55. The van der Waals surface area contributed by atoms with Crippen molar-refractivity contribution in [2.45, 2.75) is 328 Å². The van der Waals surface area contributed by atoms with Crippen molar-refractivity contribution < 1.29 is 24.5 Å². The molecule has 0 aromatic heterocycles. The predicted octanol–water partition coefficient (Wildman–Crippen LogP) is 18.4. The zero-order valence-corrected chi connectivity index (χ0v) is 44.9. The molecule has 0 aliphatic heterocycles. The van der Waals surface area contributed by atoms with Crippen LogP contribution >= 0.6 is 0 Å². The highest BCUT2D eigenvalue weighted by Crippen LogP contribution is 2.17. The standard InChI is InChI=1S/C61H115NO5/c1-3-5-7-9-11-13-15-17-18-19-23-26-30-33-37-41-45-49-53-59(64)58(57-63)62-60(65)54-50-46-42-38-34-31-27-24-21-20-22-25-28-32-36-40-44-48-52-56-67-61(66)55-51-47-43-39-35-29-16-14-12-10-8-6-4-2/h25,28,32,36,49,53,58-59,63-64H,3-24,26-27,29-31,33-35,37-48,50-52,54-57H2,1-2H3,(H,62,65)/b28-25-,36-32-,53-49+. The van der Waals surface area contributed by atoms with Crippen LogP contribution in [0, 0.1) is 0 Å². The number of aliphatic hydroxyl groups excluding tert-OH is 2. The minimum Gasteiger partial charge on any atom is -0.466 e. The molecule has 0 rings (SSSR count). The van der Waals surface area contributed by atoms with Crippen LogP contribution in [0.2, 0.25) is 0 Å². The molecule has 0 aromatic carbocycles. The molecule has 2 unspecified atom stereocenters. The van der Waals surface area contributed by atoms with Crippen molar-refractivity contribution in [3.63, 3.8) is 0 Å². The molecule has 394 valence electrons. The Morgan fingerprint density at radius 1 is 0.418 bits per heavy atom. The van der Waals surface area contributed by atoms with Crippen LogP contribution in [0.5, 0.6) is 0 Å². The van der Waals surface area contributed by atoms with E-state index in [4.69, 9.17) is 4.74 Å². The summed E-state index contributed by atoms with van der Waals surface area (Å²) in [5.74, 6) is -0.0888. The zero-order valence-electron chi connectivity index (χ0n) is 44.9. The van der Waals surface area contributed by atoms with Gasteiger partial charge in [-0.2, -0.15) is 0 Å². The van der Waals surface area contributed by atoms with Crippen LogP contribution in [0.25, 0.3) is 0 Å². The Balaban J connectivity index is 3.51. The predicted molar refractivity (Wildman–Crippen MR) is 292 cm³/mol. The molecule has 0 aliphatic rings. The number of amides is 1. The van der Waals surface area contributed by atoms with E-state index < -0.39 is 12.1 Å². The molecule has 2 atom stereocenters. The van der Waals surface area contributed by atoms with Gasteiger partial charge in [-0.05, 0) is 64.2 Å². The Bertz CT molecular complexity index is 1090. The third-order valence-electron chi connectivity index (χ3n) is 13.7. The van der Waals surface area contributed by atoms with Gasteiger partial charge in [-0.3, -0.25) is 9.59 Å². The molecule has 67 heavy (non-hydrogen) atoms. The van der Waals surface area contributed by atoms with Crippen molar-refractivity contribution in [3.8, 4) is 0 Å². The number of hydrogen-bond donors (Lipinski definition) is 3. The summed E-state index contributed by atoms with van der Waals surface area (Å²) >= 11 is 0. The Morgan fingerprint density at radius 2 is 0.731 bits per heavy atom. The zero-order chi connectivity index (χ0) is 48.6. The maximum absolute atomic E-state index is 12.5. The molecule has 1 amide bonds. The summed E-state index contributed by atoms with van der Waals surface area (Å²) in [5.41, 5.74) is 0. The van der Waals surface area contributed by atoms with E-state index in [0.717, 1.165) is 77.0 Å². The van der Waals surface area contributed by atoms with E-state index in [9.17, 15) is 19.8 Å². The van der Waals surface area contributed by atoms with Gasteiger partial charge in [0.25, 0.3) is 0 Å². The second kappa shape index (κ2) is 56.7. The average molecular weight is 943 g/mol. The molecule has 0 spiro atoms. The molecular formula is C61H115NO5. The Labute approximate surface area is 417 Å². The Hall–Kier alpha value is -1.92. The highest BCUT2D eigenvalue weighted by Gasteiger charge is 2.18. The minimum atomic E-state index is -0.852. The number of nitrogens with one attached hydrogen (secondary N) is 1. The van der Waals surface area contributed by atoms with Crippen LogP contribution in [0.1, 0.15) is 316 Å². The minimum absolute atomic E-state index is 0.0126. The summed E-state index contributed by atoms with van der Waals surface area (Å²) in [5, 5.41) is 23.1. The molecule has 6 heteroatoms. The largest absolute Gasteiger partial charge is 0.466 e. The lowest BCUT2D eigenvalue weighted by atomic mass is 10.0. The number of esters is 1. The molecular weight excluding hydrogens is 827 g/mol. The monoisotopic (exact) mass is 942 g/mol. The topological polar surface area (TPSA) is 95.9 Å². The van der Waals surface area contributed by atoms with E-state index in [1.165, 1.54) is 212 Å². The summed E-state index contributed by atoms with van der Waals surface area (Å²) in [7, 11) is 0. The normalized spacial score (nSPS) is 12.8. The van der Waals surface area contributed by atoms with Crippen LogP contribution in [-0.4, -0.2) is 47.4 Å². The third-order valence-corrected chi connectivity index (χ3v) is 13.7. The molecule has 6 nitrogen and oxygen atoms in total. The SMILES string of the molecule is CCCCCCCCCCCCCCCCCC/C=C/C(O)C(CO)NC(=O)CCCCCCCCCCCC/C=C\C=C/CCCCCOC(=O)CCCCCCCCCCCCCCC. The number of carbonyl (C=O) groups is 2.